The van der Waals surface area contributed by atoms with Crippen molar-refractivity contribution in [2.45, 2.75) is 24.9 Å². The second kappa shape index (κ2) is 8.97. The minimum absolute atomic E-state index is 0.0333. The number of carbonyl (C=O) groups is 2. The molecule has 3 rings (SSSR count). The van der Waals surface area contributed by atoms with E-state index in [0.29, 0.717) is 9.46 Å². The highest BCUT2D eigenvalue weighted by molar-refractivity contribution is 8.19. The summed E-state index contributed by atoms with van der Waals surface area (Å²) in [6.07, 6.45) is 0.915. The Hall–Kier alpha value is -1.44. The molecule has 7 heteroatoms. The van der Waals surface area contributed by atoms with Crippen molar-refractivity contribution in [2.24, 2.45) is 0 Å². The monoisotopic (exact) mass is 406 g/mol. The van der Waals surface area contributed by atoms with Gasteiger partial charge in [-0.05, 0) is 42.7 Å². The number of carbonyl (C=O) groups excluding carboxylic acids is 2. The van der Waals surface area contributed by atoms with Crippen LogP contribution in [0.25, 0.3) is 0 Å². The highest BCUT2D eigenvalue weighted by Crippen LogP contribution is 2.45. The van der Waals surface area contributed by atoms with Gasteiger partial charge in [0.05, 0.1) is 16.0 Å². The quantitative estimate of drug-likeness (QED) is 0.743. The van der Waals surface area contributed by atoms with Crippen molar-refractivity contribution in [2.75, 3.05) is 23.4 Å². The summed E-state index contributed by atoms with van der Waals surface area (Å²) in [5.41, 5.74) is 3.13. The average molecular weight is 407 g/mol. The van der Waals surface area contributed by atoms with Crippen LogP contribution in [0, 0.1) is 6.92 Å². The molecule has 0 spiro atoms. The van der Waals surface area contributed by atoms with E-state index in [-0.39, 0.29) is 18.4 Å². The number of thioether (sulfide) groups is 2. The predicted molar refractivity (Wildman–Crippen MR) is 113 cm³/mol. The van der Waals surface area contributed by atoms with Crippen LogP contribution >= 0.6 is 34.9 Å². The summed E-state index contributed by atoms with van der Waals surface area (Å²) in [6.45, 7) is 4.05. The Morgan fingerprint density at radius 2 is 1.96 bits per heavy atom. The van der Waals surface area contributed by atoms with E-state index >= 15 is 0 Å². The van der Waals surface area contributed by atoms with E-state index in [1.807, 2.05) is 54.7 Å². The SMILES string of the molecule is CCc1sc(C(=O)NCC(=O)Nc2cccc(C3SCCS3)c2)cc1C. The van der Waals surface area contributed by atoms with Crippen LogP contribution < -0.4 is 10.6 Å². The van der Waals surface area contributed by atoms with Gasteiger partial charge in [0.25, 0.3) is 5.91 Å². The Labute approximate surface area is 166 Å². The summed E-state index contributed by atoms with van der Waals surface area (Å²) in [5.74, 6) is 1.92. The molecule has 1 aromatic carbocycles. The van der Waals surface area contributed by atoms with Gasteiger partial charge in [0.2, 0.25) is 5.91 Å². The zero-order valence-corrected chi connectivity index (χ0v) is 17.3. The van der Waals surface area contributed by atoms with Crippen molar-refractivity contribution >= 4 is 52.4 Å². The molecule has 0 unspecified atom stereocenters. The lowest BCUT2D eigenvalue weighted by Gasteiger charge is -2.11. The number of amides is 2. The van der Waals surface area contributed by atoms with Gasteiger partial charge in [-0.3, -0.25) is 9.59 Å². The summed E-state index contributed by atoms with van der Waals surface area (Å²) in [4.78, 5) is 26.3. The molecule has 0 aliphatic carbocycles. The molecule has 0 radical (unpaired) electrons. The fourth-order valence-electron chi connectivity index (χ4n) is 2.75. The number of thiophene rings is 1. The van der Waals surface area contributed by atoms with Crippen LogP contribution in [0.15, 0.2) is 30.3 Å². The summed E-state index contributed by atoms with van der Waals surface area (Å²) in [7, 11) is 0. The van der Waals surface area contributed by atoms with E-state index in [4.69, 9.17) is 0 Å². The molecule has 2 heterocycles. The van der Waals surface area contributed by atoms with Gasteiger partial charge >= 0.3 is 0 Å². The minimum Gasteiger partial charge on any atom is -0.342 e. The van der Waals surface area contributed by atoms with Crippen LogP contribution in [-0.4, -0.2) is 29.9 Å². The normalized spacial score (nSPS) is 14.4. The fraction of sp³-hybridized carbons (Fsp3) is 0.368. The van der Waals surface area contributed by atoms with Crippen molar-refractivity contribution in [1.29, 1.82) is 0 Å². The lowest BCUT2D eigenvalue weighted by atomic mass is 10.2. The maximum absolute atomic E-state index is 12.2. The molecule has 2 amide bonds. The third kappa shape index (κ3) is 4.84. The van der Waals surface area contributed by atoms with Crippen LogP contribution in [-0.2, 0) is 11.2 Å². The molecule has 0 saturated carbocycles. The molecule has 0 atom stereocenters. The van der Waals surface area contributed by atoms with Gasteiger partial charge in [-0.2, -0.15) is 0 Å². The molecule has 138 valence electrons. The molecular weight excluding hydrogens is 384 g/mol. The zero-order chi connectivity index (χ0) is 18.5. The van der Waals surface area contributed by atoms with Crippen molar-refractivity contribution in [3.8, 4) is 0 Å². The molecule has 1 aromatic heterocycles. The number of benzene rings is 1. The van der Waals surface area contributed by atoms with Gasteiger partial charge in [-0.15, -0.1) is 34.9 Å². The van der Waals surface area contributed by atoms with Gasteiger partial charge in [-0.1, -0.05) is 19.1 Å². The highest BCUT2D eigenvalue weighted by atomic mass is 32.2. The summed E-state index contributed by atoms with van der Waals surface area (Å²) >= 11 is 5.36. The highest BCUT2D eigenvalue weighted by Gasteiger charge is 2.18. The fourth-order valence-corrected chi connectivity index (χ4v) is 6.62. The number of aryl methyl sites for hydroxylation is 2. The Balaban J connectivity index is 1.53. The lowest BCUT2D eigenvalue weighted by molar-refractivity contribution is -0.115. The van der Waals surface area contributed by atoms with Gasteiger partial charge in [0.1, 0.15) is 0 Å². The molecular formula is C19H22N2O2S3. The smallest absolute Gasteiger partial charge is 0.261 e. The Morgan fingerprint density at radius 3 is 2.65 bits per heavy atom. The molecule has 1 aliphatic rings. The number of anilines is 1. The maximum atomic E-state index is 12.2. The van der Waals surface area contributed by atoms with E-state index in [2.05, 4.69) is 23.6 Å². The van der Waals surface area contributed by atoms with Crippen LogP contribution in [0.1, 0.15) is 37.2 Å². The lowest BCUT2D eigenvalue weighted by Crippen LogP contribution is -2.32. The zero-order valence-electron chi connectivity index (χ0n) is 14.8. The largest absolute Gasteiger partial charge is 0.342 e. The number of rotatable bonds is 6. The summed E-state index contributed by atoms with van der Waals surface area (Å²) in [5, 5.41) is 5.58. The van der Waals surface area contributed by atoms with Crippen LogP contribution in [0.4, 0.5) is 5.69 Å². The van der Waals surface area contributed by atoms with Crippen molar-refractivity contribution < 1.29 is 9.59 Å². The maximum Gasteiger partial charge on any atom is 0.261 e. The van der Waals surface area contributed by atoms with Crippen LogP contribution in [0.2, 0.25) is 0 Å². The van der Waals surface area contributed by atoms with Gasteiger partial charge in [-0.25, -0.2) is 0 Å². The van der Waals surface area contributed by atoms with Gasteiger partial charge in [0, 0.05) is 22.1 Å². The average Bonchev–Trinajstić information content (AvgIpc) is 3.29. The molecule has 1 fully saturated rings. The first kappa shape index (κ1) is 19.3. The van der Waals surface area contributed by atoms with Crippen molar-refractivity contribution in [1.82, 2.24) is 5.32 Å². The summed E-state index contributed by atoms with van der Waals surface area (Å²) in [6, 6.07) is 9.84. The minimum atomic E-state index is -0.216. The van der Waals surface area contributed by atoms with E-state index in [1.165, 1.54) is 33.3 Å². The number of hydrogen-bond donors (Lipinski definition) is 2. The Morgan fingerprint density at radius 1 is 1.19 bits per heavy atom. The Bertz CT molecular complexity index is 798. The van der Waals surface area contributed by atoms with Crippen molar-refractivity contribution in [3.63, 3.8) is 0 Å². The van der Waals surface area contributed by atoms with E-state index in [1.54, 1.807) is 0 Å². The van der Waals surface area contributed by atoms with E-state index in [9.17, 15) is 9.59 Å². The number of nitrogens with one attached hydrogen (secondary N) is 2. The third-order valence-corrected chi connectivity index (χ3v) is 8.52. The van der Waals surface area contributed by atoms with Crippen molar-refractivity contribution in [3.05, 3.63) is 51.2 Å². The van der Waals surface area contributed by atoms with Crippen LogP contribution in [0.5, 0.6) is 0 Å². The van der Waals surface area contributed by atoms with E-state index in [0.717, 1.165) is 17.7 Å². The molecule has 2 N–H and O–H groups in total. The first-order valence-corrected chi connectivity index (χ1v) is 11.5. The molecule has 2 aromatic rings. The second-order valence-corrected chi connectivity index (χ2v) is 9.86. The Kier molecular flexibility index (Phi) is 6.67. The molecule has 4 nitrogen and oxygen atoms in total. The summed E-state index contributed by atoms with van der Waals surface area (Å²) < 4.78 is 0.446. The van der Waals surface area contributed by atoms with Gasteiger partial charge in [0.15, 0.2) is 0 Å². The standard InChI is InChI=1S/C19H22N2O2S3/c1-3-15-12(2)9-16(26-15)18(23)20-11-17(22)21-14-6-4-5-13(10-14)19-24-7-8-25-19/h4-6,9-10,19H,3,7-8,11H2,1-2H3,(H,20,23)(H,21,22). The molecule has 1 aliphatic heterocycles. The number of hydrogen-bond acceptors (Lipinski definition) is 5. The second-order valence-electron chi connectivity index (χ2n) is 6.00. The van der Waals surface area contributed by atoms with Gasteiger partial charge < -0.3 is 10.6 Å². The first-order chi connectivity index (χ1) is 12.6. The predicted octanol–water partition coefficient (Wildman–Crippen LogP) is 4.47. The van der Waals surface area contributed by atoms with Crippen LogP contribution in [0.3, 0.4) is 0 Å². The van der Waals surface area contributed by atoms with E-state index < -0.39 is 0 Å². The molecule has 0 bridgehead atoms. The molecule has 1 saturated heterocycles. The molecule has 26 heavy (non-hydrogen) atoms. The topological polar surface area (TPSA) is 58.2 Å². The third-order valence-electron chi connectivity index (χ3n) is 4.04. The first-order valence-electron chi connectivity index (χ1n) is 8.57.